The van der Waals surface area contributed by atoms with Gasteiger partial charge in [-0.15, -0.1) is 0 Å². The second-order valence-electron chi connectivity index (χ2n) is 5.02. The molecular formula is C17H12BrNO3. The number of carbonyl (C=O) groups is 2. The minimum Gasteiger partial charge on any atom is -0.502 e. The Kier molecular flexibility index (Phi) is 3.58. The Labute approximate surface area is 135 Å². The molecule has 5 heteroatoms. The molecule has 4 nitrogen and oxygen atoms in total. The van der Waals surface area contributed by atoms with Crippen molar-refractivity contribution in [2.45, 2.75) is 6.92 Å². The van der Waals surface area contributed by atoms with Crippen molar-refractivity contribution in [3.05, 3.63) is 69.9 Å². The van der Waals surface area contributed by atoms with E-state index >= 15 is 0 Å². The SMILES string of the molecule is Cc1ccc(C2=C(O)C(=O)N(c3cccc(Br)c3)C2=O)cc1. The first-order chi connectivity index (χ1) is 10.5. The quantitative estimate of drug-likeness (QED) is 0.835. The number of anilines is 1. The Morgan fingerprint density at radius 2 is 1.68 bits per heavy atom. The van der Waals surface area contributed by atoms with Gasteiger partial charge in [-0.3, -0.25) is 9.59 Å². The van der Waals surface area contributed by atoms with Crippen molar-refractivity contribution in [3.63, 3.8) is 0 Å². The minimum absolute atomic E-state index is 0.0324. The van der Waals surface area contributed by atoms with Gasteiger partial charge in [-0.25, -0.2) is 4.90 Å². The third-order valence-corrected chi connectivity index (χ3v) is 3.96. The summed E-state index contributed by atoms with van der Waals surface area (Å²) >= 11 is 3.31. The van der Waals surface area contributed by atoms with Crippen LogP contribution in [0, 0.1) is 6.92 Å². The van der Waals surface area contributed by atoms with Crippen LogP contribution in [0.15, 0.2) is 58.8 Å². The highest BCUT2D eigenvalue weighted by molar-refractivity contribution is 9.10. The summed E-state index contributed by atoms with van der Waals surface area (Å²) in [5.41, 5.74) is 2.01. The molecule has 0 atom stereocenters. The number of rotatable bonds is 2. The fourth-order valence-electron chi connectivity index (χ4n) is 2.35. The first-order valence-electron chi connectivity index (χ1n) is 6.63. The molecule has 3 rings (SSSR count). The number of amides is 2. The largest absolute Gasteiger partial charge is 0.502 e. The van der Waals surface area contributed by atoms with E-state index in [-0.39, 0.29) is 5.57 Å². The van der Waals surface area contributed by atoms with Gasteiger partial charge in [0.2, 0.25) is 0 Å². The van der Waals surface area contributed by atoms with Crippen molar-refractivity contribution < 1.29 is 14.7 Å². The molecule has 110 valence electrons. The lowest BCUT2D eigenvalue weighted by molar-refractivity contribution is -0.121. The summed E-state index contributed by atoms with van der Waals surface area (Å²) in [5.74, 6) is -1.75. The number of carbonyl (C=O) groups excluding carboxylic acids is 2. The van der Waals surface area contributed by atoms with E-state index in [1.807, 2.05) is 19.1 Å². The normalized spacial score (nSPS) is 14.9. The number of nitrogens with zero attached hydrogens (tertiary/aromatic N) is 1. The molecule has 0 saturated carbocycles. The van der Waals surface area contributed by atoms with Crippen molar-refractivity contribution in [2.24, 2.45) is 0 Å². The Bertz CT molecular complexity index is 809. The van der Waals surface area contributed by atoms with Crippen LogP contribution in [0.2, 0.25) is 0 Å². The molecule has 1 aliphatic heterocycles. The van der Waals surface area contributed by atoms with E-state index in [1.54, 1.807) is 36.4 Å². The molecule has 2 aromatic carbocycles. The minimum atomic E-state index is -0.710. The topological polar surface area (TPSA) is 57.6 Å². The molecule has 0 spiro atoms. The second-order valence-corrected chi connectivity index (χ2v) is 5.93. The second kappa shape index (κ2) is 5.42. The maximum Gasteiger partial charge on any atom is 0.301 e. The number of halogens is 1. The maximum absolute atomic E-state index is 12.6. The van der Waals surface area contributed by atoms with Gasteiger partial charge in [-0.1, -0.05) is 51.8 Å². The Morgan fingerprint density at radius 1 is 1.00 bits per heavy atom. The van der Waals surface area contributed by atoms with E-state index in [1.165, 1.54) is 0 Å². The van der Waals surface area contributed by atoms with Crippen LogP contribution in [0.1, 0.15) is 11.1 Å². The van der Waals surface area contributed by atoms with Gasteiger partial charge >= 0.3 is 5.91 Å². The third kappa shape index (κ3) is 2.33. The summed E-state index contributed by atoms with van der Waals surface area (Å²) < 4.78 is 0.744. The number of benzene rings is 2. The highest BCUT2D eigenvalue weighted by atomic mass is 79.9. The fourth-order valence-corrected chi connectivity index (χ4v) is 2.74. The highest BCUT2D eigenvalue weighted by Crippen LogP contribution is 2.32. The van der Waals surface area contributed by atoms with Crippen LogP contribution < -0.4 is 4.90 Å². The molecule has 0 fully saturated rings. The molecule has 0 bridgehead atoms. The molecule has 0 radical (unpaired) electrons. The van der Waals surface area contributed by atoms with Gasteiger partial charge in [0, 0.05) is 4.47 Å². The zero-order valence-electron chi connectivity index (χ0n) is 11.7. The van der Waals surface area contributed by atoms with E-state index in [2.05, 4.69) is 15.9 Å². The summed E-state index contributed by atoms with van der Waals surface area (Å²) in [6.45, 7) is 1.92. The summed E-state index contributed by atoms with van der Waals surface area (Å²) in [6, 6.07) is 13.9. The standard InChI is InChI=1S/C17H12BrNO3/c1-10-5-7-11(8-6-10)14-15(20)17(22)19(16(14)21)13-4-2-3-12(18)9-13/h2-9,20H,1H3. The van der Waals surface area contributed by atoms with Gasteiger partial charge < -0.3 is 5.11 Å². The molecule has 0 unspecified atom stereocenters. The first kappa shape index (κ1) is 14.5. The van der Waals surface area contributed by atoms with Crippen molar-refractivity contribution in [1.82, 2.24) is 0 Å². The van der Waals surface area contributed by atoms with Crippen LogP contribution in [0.25, 0.3) is 5.57 Å². The van der Waals surface area contributed by atoms with Crippen LogP contribution in [0.4, 0.5) is 5.69 Å². The number of aliphatic hydroxyl groups is 1. The van der Waals surface area contributed by atoms with Crippen molar-refractivity contribution >= 4 is 39.0 Å². The van der Waals surface area contributed by atoms with Gasteiger partial charge in [-0.2, -0.15) is 0 Å². The summed E-state index contributed by atoms with van der Waals surface area (Å²) in [5, 5.41) is 10.1. The lowest BCUT2D eigenvalue weighted by Crippen LogP contribution is -2.31. The maximum atomic E-state index is 12.6. The number of aliphatic hydroxyl groups excluding tert-OH is 1. The predicted octanol–water partition coefficient (Wildman–Crippen LogP) is 3.60. The number of hydrogen-bond acceptors (Lipinski definition) is 3. The predicted molar refractivity (Wildman–Crippen MR) is 87.4 cm³/mol. The lowest BCUT2D eigenvalue weighted by atomic mass is 10.0. The van der Waals surface area contributed by atoms with Crippen LogP contribution in [0.3, 0.4) is 0 Å². The zero-order valence-corrected chi connectivity index (χ0v) is 13.3. The van der Waals surface area contributed by atoms with Gasteiger partial charge in [0.1, 0.15) is 0 Å². The molecule has 22 heavy (non-hydrogen) atoms. The van der Waals surface area contributed by atoms with E-state index in [0.29, 0.717) is 11.3 Å². The average molecular weight is 358 g/mol. The van der Waals surface area contributed by atoms with Crippen molar-refractivity contribution in [3.8, 4) is 0 Å². The zero-order chi connectivity index (χ0) is 15.9. The summed E-state index contributed by atoms with van der Waals surface area (Å²) in [6.07, 6.45) is 0. The third-order valence-electron chi connectivity index (χ3n) is 3.47. The molecular weight excluding hydrogens is 346 g/mol. The Balaban J connectivity index is 2.05. The first-order valence-corrected chi connectivity index (χ1v) is 7.43. The highest BCUT2D eigenvalue weighted by Gasteiger charge is 2.40. The van der Waals surface area contributed by atoms with Gasteiger partial charge in [0.05, 0.1) is 11.3 Å². The van der Waals surface area contributed by atoms with Crippen LogP contribution in [-0.4, -0.2) is 16.9 Å². The van der Waals surface area contributed by atoms with Gasteiger partial charge in [0.15, 0.2) is 5.76 Å². The monoisotopic (exact) mass is 357 g/mol. The molecule has 2 amide bonds. The molecule has 0 saturated heterocycles. The smallest absolute Gasteiger partial charge is 0.301 e. The summed E-state index contributed by atoms with van der Waals surface area (Å²) in [7, 11) is 0. The molecule has 1 aliphatic rings. The lowest BCUT2D eigenvalue weighted by Gasteiger charge is -2.14. The average Bonchev–Trinajstić information content (AvgIpc) is 2.71. The van der Waals surface area contributed by atoms with Crippen LogP contribution >= 0.6 is 15.9 Å². The number of aryl methyl sites for hydroxylation is 1. The van der Waals surface area contributed by atoms with E-state index in [0.717, 1.165) is 14.9 Å². The Morgan fingerprint density at radius 3 is 2.32 bits per heavy atom. The van der Waals surface area contributed by atoms with Gasteiger partial charge in [0.25, 0.3) is 5.91 Å². The molecule has 0 aliphatic carbocycles. The van der Waals surface area contributed by atoms with Crippen molar-refractivity contribution in [2.75, 3.05) is 4.90 Å². The van der Waals surface area contributed by atoms with E-state index in [9.17, 15) is 14.7 Å². The van der Waals surface area contributed by atoms with E-state index < -0.39 is 17.6 Å². The molecule has 0 aromatic heterocycles. The number of imide groups is 1. The van der Waals surface area contributed by atoms with Crippen LogP contribution in [0.5, 0.6) is 0 Å². The molecule has 2 aromatic rings. The summed E-state index contributed by atoms with van der Waals surface area (Å²) in [4.78, 5) is 25.8. The van der Waals surface area contributed by atoms with Gasteiger partial charge in [-0.05, 0) is 30.7 Å². The fraction of sp³-hybridized carbons (Fsp3) is 0.0588. The Hall–Kier alpha value is -2.40. The van der Waals surface area contributed by atoms with Crippen molar-refractivity contribution in [1.29, 1.82) is 0 Å². The van der Waals surface area contributed by atoms with E-state index in [4.69, 9.17) is 0 Å². The molecule has 1 N–H and O–H groups in total. The molecule has 1 heterocycles. The van der Waals surface area contributed by atoms with Crippen LogP contribution in [-0.2, 0) is 9.59 Å². The number of hydrogen-bond donors (Lipinski definition) is 1.